The number of aryl methyl sites for hydroxylation is 1. The van der Waals surface area contributed by atoms with Crippen molar-refractivity contribution in [3.05, 3.63) is 41.0 Å². The number of carbonyl (C=O) groups excluding carboxylic acids is 1. The first-order valence-corrected chi connectivity index (χ1v) is 10.7. The van der Waals surface area contributed by atoms with E-state index in [1.54, 1.807) is 0 Å². The van der Waals surface area contributed by atoms with Crippen LogP contribution in [0.25, 0.3) is 11.3 Å². The van der Waals surface area contributed by atoms with Crippen LogP contribution in [0.2, 0.25) is 0 Å². The fourth-order valence-electron chi connectivity index (χ4n) is 2.62. The number of hydrogen-bond donors (Lipinski definition) is 1. The second-order valence-corrected chi connectivity index (χ2v) is 8.28. The number of rotatable bonds is 7. The quantitative estimate of drug-likeness (QED) is 0.596. The molecule has 0 radical (unpaired) electrons. The first-order chi connectivity index (χ1) is 13.0. The summed E-state index contributed by atoms with van der Waals surface area (Å²) in [6.07, 6.45) is 1.01. The molecule has 1 amide bonds. The molecule has 0 aliphatic rings. The Kier molecular flexibility index (Phi) is 6.28. The van der Waals surface area contributed by atoms with Gasteiger partial charge in [-0.2, -0.15) is 0 Å². The van der Waals surface area contributed by atoms with E-state index in [1.165, 1.54) is 28.7 Å². The number of hydrogen-bond acceptors (Lipinski definition) is 6. The summed E-state index contributed by atoms with van der Waals surface area (Å²) in [5, 5.41) is 14.5. The van der Waals surface area contributed by atoms with Gasteiger partial charge in [0.1, 0.15) is 5.82 Å². The predicted molar refractivity (Wildman–Crippen MR) is 111 cm³/mol. The SMILES string of the molecule is CCc1ccc(-c2csc(NC(=O)CSc3nnc(C(C)C)n3C)n2)cc1. The Bertz CT molecular complexity index is 915. The molecular weight excluding hydrogens is 378 g/mol. The van der Waals surface area contributed by atoms with Crippen molar-refractivity contribution in [2.24, 2.45) is 7.05 Å². The van der Waals surface area contributed by atoms with Gasteiger partial charge in [0.05, 0.1) is 11.4 Å². The molecule has 1 aromatic carbocycles. The first-order valence-electron chi connectivity index (χ1n) is 8.84. The molecule has 0 bridgehead atoms. The molecular formula is C19H23N5OS2. The highest BCUT2D eigenvalue weighted by atomic mass is 32.2. The summed E-state index contributed by atoms with van der Waals surface area (Å²) in [7, 11) is 1.92. The standard InChI is InChI=1S/C19H23N5OS2/c1-5-13-6-8-14(9-7-13)15-10-26-18(20-15)21-16(25)11-27-19-23-22-17(12(2)3)24(19)4/h6-10,12H,5,11H2,1-4H3,(H,20,21,25). The van der Waals surface area contributed by atoms with Gasteiger partial charge in [0, 0.05) is 23.9 Å². The van der Waals surface area contributed by atoms with Crippen LogP contribution in [0, 0.1) is 0 Å². The van der Waals surface area contributed by atoms with Gasteiger partial charge in [-0.3, -0.25) is 4.79 Å². The highest BCUT2D eigenvalue weighted by molar-refractivity contribution is 7.99. The van der Waals surface area contributed by atoms with E-state index in [2.05, 4.69) is 65.5 Å². The van der Waals surface area contributed by atoms with Crippen LogP contribution < -0.4 is 5.32 Å². The minimum atomic E-state index is -0.101. The second kappa shape index (κ2) is 8.67. The van der Waals surface area contributed by atoms with Crippen LogP contribution in [-0.2, 0) is 18.3 Å². The Morgan fingerprint density at radius 3 is 2.63 bits per heavy atom. The fourth-order valence-corrected chi connectivity index (χ4v) is 4.07. The minimum absolute atomic E-state index is 0.101. The number of amides is 1. The third kappa shape index (κ3) is 4.75. The first kappa shape index (κ1) is 19.6. The van der Waals surface area contributed by atoms with Crippen molar-refractivity contribution < 1.29 is 4.79 Å². The molecule has 2 heterocycles. The summed E-state index contributed by atoms with van der Waals surface area (Å²) in [6, 6.07) is 8.34. The lowest BCUT2D eigenvalue weighted by Crippen LogP contribution is -2.14. The van der Waals surface area contributed by atoms with Crippen molar-refractivity contribution >= 4 is 34.1 Å². The zero-order valence-corrected chi connectivity index (χ0v) is 17.5. The summed E-state index contributed by atoms with van der Waals surface area (Å²) in [5.41, 5.74) is 3.23. The van der Waals surface area contributed by atoms with Crippen LogP contribution >= 0.6 is 23.1 Å². The normalized spacial score (nSPS) is 11.1. The number of carbonyl (C=O) groups is 1. The van der Waals surface area contributed by atoms with Crippen LogP contribution in [0.1, 0.15) is 38.1 Å². The van der Waals surface area contributed by atoms with Crippen molar-refractivity contribution in [1.29, 1.82) is 0 Å². The van der Waals surface area contributed by atoms with E-state index in [-0.39, 0.29) is 11.7 Å². The van der Waals surface area contributed by atoms with Crippen LogP contribution in [0.4, 0.5) is 5.13 Å². The van der Waals surface area contributed by atoms with Crippen molar-refractivity contribution in [3.8, 4) is 11.3 Å². The van der Waals surface area contributed by atoms with Gasteiger partial charge in [0.2, 0.25) is 5.91 Å². The molecule has 0 aliphatic carbocycles. The van der Waals surface area contributed by atoms with Gasteiger partial charge in [-0.15, -0.1) is 21.5 Å². The number of nitrogens with zero attached hydrogens (tertiary/aromatic N) is 4. The van der Waals surface area contributed by atoms with E-state index < -0.39 is 0 Å². The molecule has 142 valence electrons. The van der Waals surface area contributed by atoms with Crippen LogP contribution in [0.3, 0.4) is 0 Å². The van der Waals surface area contributed by atoms with Gasteiger partial charge in [-0.25, -0.2) is 4.98 Å². The Labute approximate surface area is 167 Å². The maximum absolute atomic E-state index is 12.2. The largest absolute Gasteiger partial charge is 0.309 e. The molecule has 8 heteroatoms. The highest BCUT2D eigenvalue weighted by Gasteiger charge is 2.14. The molecule has 0 unspecified atom stereocenters. The van der Waals surface area contributed by atoms with Gasteiger partial charge < -0.3 is 9.88 Å². The smallest absolute Gasteiger partial charge is 0.236 e. The topological polar surface area (TPSA) is 72.7 Å². The van der Waals surface area contributed by atoms with E-state index in [4.69, 9.17) is 0 Å². The summed E-state index contributed by atoms with van der Waals surface area (Å²) in [6.45, 7) is 6.27. The van der Waals surface area contributed by atoms with E-state index in [0.717, 1.165) is 28.7 Å². The van der Waals surface area contributed by atoms with E-state index >= 15 is 0 Å². The molecule has 1 N–H and O–H groups in total. The molecule has 3 aromatic rings. The molecule has 0 spiro atoms. The summed E-state index contributed by atoms with van der Waals surface area (Å²) < 4.78 is 1.93. The summed E-state index contributed by atoms with van der Waals surface area (Å²) in [4.78, 5) is 16.8. The molecule has 0 aliphatic heterocycles. The van der Waals surface area contributed by atoms with E-state index in [9.17, 15) is 4.79 Å². The van der Waals surface area contributed by atoms with Crippen LogP contribution in [0.5, 0.6) is 0 Å². The maximum Gasteiger partial charge on any atom is 0.236 e. The lowest BCUT2D eigenvalue weighted by molar-refractivity contribution is -0.113. The third-order valence-corrected chi connectivity index (χ3v) is 5.90. The molecule has 0 saturated carbocycles. The summed E-state index contributed by atoms with van der Waals surface area (Å²) >= 11 is 2.80. The number of thiazole rings is 1. The number of anilines is 1. The number of benzene rings is 1. The van der Waals surface area contributed by atoms with Crippen molar-refractivity contribution in [2.45, 2.75) is 38.3 Å². The number of aromatic nitrogens is 4. The molecule has 2 aromatic heterocycles. The van der Waals surface area contributed by atoms with E-state index in [1.807, 2.05) is 17.0 Å². The molecule has 0 fully saturated rings. The zero-order chi connectivity index (χ0) is 19.4. The molecule has 0 atom stereocenters. The minimum Gasteiger partial charge on any atom is -0.309 e. The lowest BCUT2D eigenvalue weighted by atomic mass is 10.1. The van der Waals surface area contributed by atoms with Crippen molar-refractivity contribution in [1.82, 2.24) is 19.7 Å². The number of thioether (sulfide) groups is 1. The molecule has 27 heavy (non-hydrogen) atoms. The van der Waals surface area contributed by atoms with Gasteiger partial charge in [0.15, 0.2) is 10.3 Å². The zero-order valence-electron chi connectivity index (χ0n) is 15.9. The van der Waals surface area contributed by atoms with Crippen LogP contribution in [0.15, 0.2) is 34.8 Å². The van der Waals surface area contributed by atoms with Crippen molar-refractivity contribution in [3.63, 3.8) is 0 Å². The van der Waals surface area contributed by atoms with Gasteiger partial charge in [0.25, 0.3) is 0 Å². The Morgan fingerprint density at radius 1 is 1.26 bits per heavy atom. The predicted octanol–water partition coefficient (Wildman–Crippen LogP) is 4.36. The van der Waals surface area contributed by atoms with Gasteiger partial charge in [-0.05, 0) is 12.0 Å². The summed E-state index contributed by atoms with van der Waals surface area (Å²) in [5.74, 6) is 1.38. The highest BCUT2D eigenvalue weighted by Crippen LogP contribution is 2.26. The Hall–Kier alpha value is -2.19. The third-order valence-electron chi connectivity index (χ3n) is 4.13. The molecule has 3 rings (SSSR count). The van der Waals surface area contributed by atoms with Gasteiger partial charge >= 0.3 is 0 Å². The lowest BCUT2D eigenvalue weighted by Gasteiger charge is -2.05. The Morgan fingerprint density at radius 2 is 2.00 bits per heavy atom. The van der Waals surface area contributed by atoms with E-state index in [0.29, 0.717) is 11.0 Å². The average molecular weight is 402 g/mol. The molecule has 0 saturated heterocycles. The van der Waals surface area contributed by atoms with Crippen molar-refractivity contribution in [2.75, 3.05) is 11.1 Å². The number of nitrogens with one attached hydrogen (secondary N) is 1. The van der Waals surface area contributed by atoms with Gasteiger partial charge in [-0.1, -0.05) is 56.8 Å². The monoisotopic (exact) mass is 401 g/mol. The maximum atomic E-state index is 12.2. The second-order valence-electron chi connectivity index (χ2n) is 6.48. The fraction of sp³-hybridized carbons (Fsp3) is 0.368. The average Bonchev–Trinajstić information content (AvgIpc) is 3.27. The Balaban J connectivity index is 1.57. The van der Waals surface area contributed by atoms with Crippen LogP contribution in [-0.4, -0.2) is 31.4 Å². The molecule has 6 nitrogen and oxygen atoms in total.